The van der Waals surface area contributed by atoms with Crippen molar-refractivity contribution in [3.8, 4) is 0 Å². The average Bonchev–Trinajstić information content (AvgIpc) is 2.62. The smallest absolute Gasteiger partial charge is 0.251 e. The first-order valence-corrected chi connectivity index (χ1v) is 8.62. The van der Waals surface area contributed by atoms with Crippen molar-refractivity contribution in [3.05, 3.63) is 42.1 Å². The molecular weight excluding hydrogens is 304 g/mol. The Balaban J connectivity index is 1.46. The molecular formula is C19H22N2O3. The fourth-order valence-corrected chi connectivity index (χ4v) is 3.73. The summed E-state index contributed by atoms with van der Waals surface area (Å²) in [5, 5.41) is 4.18. The van der Waals surface area contributed by atoms with Crippen molar-refractivity contribution in [3.63, 3.8) is 0 Å². The number of hydrogen-bond acceptors (Lipinski definition) is 4. The van der Waals surface area contributed by atoms with Crippen LogP contribution in [0.5, 0.6) is 0 Å². The van der Waals surface area contributed by atoms with Crippen LogP contribution in [0.1, 0.15) is 36.0 Å². The van der Waals surface area contributed by atoms with E-state index in [1.165, 1.54) is 0 Å². The molecule has 2 saturated heterocycles. The monoisotopic (exact) mass is 326 g/mol. The van der Waals surface area contributed by atoms with E-state index in [2.05, 4.69) is 10.3 Å². The van der Waals surface area contributed by atoms with Gasteiger partial charge in [0.15, 0.2) is 0 Å². The van der Waals surface area contributed by atoms with Crippen molar-refractivity contribution in [2.75, 3.05) is 19.8 Å². The van der Waals surface area contributed by atoms with Crippen LogP contribution >= 0.6 is 0 Å². The van der Waals surface area contributed by atoms with E-state index in [-0.39, 0.29) is 17.6 Å². The van der Waals surface area contributed by atoms with Crippen LogP contribution in [0.4, 0.5) is 0 Å². The minimum Gasteiger partial charge on any atom is -0.381 e. The number of pyridine rings is 1. The van der Waals surface area contributed by atoms with Gasteiger partial charge in [0, 0.05) is 43.0 Å². The summed E-state index contributed by atoms with van der Waals surface area (Å²) in [5.74, 6) is -0.0186. The highest BCUT2D eigenvalue weighted by molar-refractivity contribution is 5.98. The molecule has 0 radical (unpaired) electrons. The number of benzene rings is 1. The highest BCUT2D eigenvalue weighted by Crippen LogP contribution is 2.34. The largest absolute Gasteiger partial charge is 0.381 e. The topological polar surface area (TPSA) is 60.5 Å². The number of rotatable bonds is 2. The van der Waals surface area contributed by atoms with E-state index in [0.29, 0.717) is 12.2 Å². The summed E-state index contributed by atoms with van der Waals surface area (Å²) in [5.41, 5.74) is 1.48. The lowest BCUT2D eigenvalue weighted by Crippen LogP contribution is -2.51. The fraction of sp³-hybridized carbons (Fsp3) is 0.474. The van der Waals surface area contributed by atoms with Gasteiger partial charge in [0.2, 0.25) is 0 Å². The third-order valence-electron chi connectivity index (χ3n) is 5.10. The Hall–Kier alpha value is -1.98. The molecule has 2 aromatic rings. The Kier molecular flexibility index (Phi) is 4.21. The molecule has 1 spiro atoms. The van der Waals surface area contributed by atoms with Crippen molar-refractivity contribution in [2.24, 2.45) is 0 Å². The zero-order valence-corrected chi connectivity index (χ0v) is 13.7. The van der Waals surface area contributed by atoms with Crippen molar-refractivity contribution < 1.29 is 14.3 Å². The maximum Gasteiger partial charge on any atom is 0.251 e. The van der Waals surface area contributed by atoms with E-state index in [1.54, 1.807) is 6.20 Å². The predicted octanol–water partition coefficient (Wildman–Crippen LogP) is 2.69. The van der Waals surface area contributed by atoms with Crippen molar-refractivity contribution in [1.29, 1.82) is 0 Å². The number of hydrogen-bond donors (Lipinski definition) is 1. The van der Waals surface area contributed by atoms with Gasteiger partial charge in [-0.1, -0.05) is 6.07 Å². The van der Waals surface area contributed by atoms with Gasteiger partial charge in [0.05, 0.1) is 11.1 Å². The Morgan fingerprint density at radius 1 is 1.21 bits per heavy atom. The van der Waals surface area contributed by atoms with Crippen molar-refractivity contribution in [1.82, 2.24) is 10.3 Å². The van der Waals surface area contributed by atoms with Crippen LogP contribution < -0.4 is 5.32 Å². The number of carbonyl (C=O) groups excluding carboxylic acids is 1. The lowest BCUT2D eigenvalue weighted by molar-refractivity contribution is -0.139. The first-order valence-electron chi connectivity index (χ1n) is 8.62. The summed E-state index contributed by atoms with van der Waals surface area (Å²) >= 11 is 0. The third-order valence-corrected chi connectivity index (χ3v) is 5.10. The molecule has 1 aromatic carbocycles. The lowest BCUT2D eigenvalue weighted by atomic mass is 9.84. The molecule has 2 aliphatic heterocycles. The zero-order valence-electron chi connectivity index (χ0n) is 13.7. The van der Waals surface area contributed by atoms with Gasteiger partial charge in [-0.25, -0.2) is 0 Å². The molecule has 1 atom stereocenters. The van der Waals surface area contributed by atoms with Crippen LogP contribution in [0.15, 0.2) is 36.5 Å². The van der Waals surface area contributed by atoms with Gasteiger partial charge in [0.25, 0.3) is 5.91 Å². The maximum atomic E-state index is 12.6. The Morgan fingerprint density at radius 3 is 2.96 bits per heavy atom. The minimum atomic E-state index is -0.109. The zero-order chi connectivity index (χ0) is 16.4. The van der Waals surface area contributed by atoms with E-state index < -0.39 is 0 Å². The lowest BCUT2D eigenvalue weighted by Gasteiger charge is -2.43. The number of amides is 1. The van der Waals surface area contributed by atoms with Crippen molar-refractivity contribution in [2.45, 2.75) is 37.3 Å². The van der Waals surface area contributed by atoms with Gasteiger partial charge in [0.1, 0.15) is 0 Å². The summed E-state index contributed by atoms with van der Waals surface area (Å²) in [6.45, 7) is 2.20. The molecule has 3 heterocycles. The maximum absolute atomic E-state index is 12.6. The molecule has 126 valence electrons. The van der Waals surface area contributed by atoms with Gasteiger partial charge >= 0.3 is 0 Å². The molecule has 2 fully saturated rings. The van der Waals surface area contributed by atoms with E-state index >= 15 is 0 Å². The predicted molar refractivity (Wildman–Crippen MR) is 91.0 cm³/mol. The van der Waals surface area contributed by atoms with Crippen LogP contribution in [0.25, 0.3) is 10.9 Å². The van der Waals surface area contributed by atoms with Crippen LogP contribution in [0.2, 0.25) is 0 Å². The Bertz CT molecular complexity index is 735. The van der Waals surface area contributed by atoms with Gasteiger partial charge in [-0.05, 0) is 49.9 Å². The summed E-state index contributed by atoms with van der Waals surface area (Å²) in [6.07, 6.45) is 5.33. The number of ether oxygens (including phenoxy) is 2. The van der Waals surface area contributed by atoms with E-state index in [9.17, 15) is 4.79 Å². The summed E-state index contributed by atoms with van der Waals surface area (Å²) in [6, 6.07) is 9.67. The van der Waals surface area contributed by atoms with Gasteiger partial charge in [-0.3, -0.25) is 9.78 Å². The van der Waals surface area contributed by atoms with Gasteiger partial charge in [-0.15, -0.1) is 0 Å². The van der Waals surface area contributed by atoms with E-state index in [0.717, 1.165) is 49.8 Å². The summed E-state index contributed by atoms with van der Waals surface area (Å²) in [7, 11) is 0. The van der Waals surface area contributed by atoms with E-state index in [4.69, 9.17) is 9.47 Å². The second-order valence-corrected chi connectivity index (χ2v) is 6.72. The molecule has 2 aliphatic rings. The SMILES string of the molecule is O=C(N[C@@H]1CCOC2(CCOCC2)C1)c1ccc2ncccc2c1. The Morgan fingerprint density at radius 2 is 2.08 bits per heavy atom. The molecule has 5 nitrogen and oxygen atoms in total. The second kappa shape index (κ2) is 6.49. The molecule has 0 aliphatic carbocycles. The molecule has 4 rings (SSSR count). The number of fused-ring (bicyclic) bond motifs is 1. The molecule has 1 aromatic heterocycles. The molecule has 1 N–H and O–H groups in total. The molecule has 0 saturated carbocycles. The molecule has 5 heteroatoms. The van der Waals surface area contributed by atoms with Crippen molar-refractivity contribution >= 4 is 16.8 Å². The first kappa shape index (κ1) is 15.5. The third kappa shape index (κ3) is 3.14. The quantitative estimate of drug-likeness (QED) is 0.922. The van der Waals surface area contributed by atoms with Crippen LogP contribution in [0.3, 0.4) is 0 Å². The number of carbonyl (C=O) groups is 1. The average molecular weight is 326 g/mol. The van der Waals surface area contributed by atoms with Crippen LogP contribution in [-0.4, -0.2) is 42.4 Å². The minimum absolute atomic E-state index is 0.0186. The standard InChI is InChI=1S/C19H22N2O3/c22-18(15-3-4-17-14(12-15)2-1-8-20-17)21-16-5-9-24-19(13-16)6-10-23-11-7-19/h1-4,8,12,16H,5-7,9-11,13H2,(H,21,22)/t16-/m1/s1. The molecule has 1 amide bonds. The van der Waals surface area contributed by atoms with E-state index in [1.807, 2.05) is 30.3 Å². The number of aromatic nitrogens is 1. The normalized spacial score (nSPS) is 23.2. The van der Waals surface area contributed by atoms with Gasteiger partial charge in [-0.2, -0.15) is 0 Å². The molecule has 24 heavy (non-hydrogen) atoms. The molecule has 0 unspecified atom stereocenters. The van der Waals surface area contributed by atoms with Crippen LogP contribution in [-0.2, 0) is 9.47 Å². The molecule has 0 bridgehead atoms. The summed E-state index contributed by atoms with van der Waals surface area (Å²) < 4.78 is 11.5. The number of nitrogens with zero attached hydrogens (tertiary/aromatic N) is 1. The second-order valence-electron chi connectivity index (χ2n) is 6.72. The van der Waals surface area contributed by atoms with Gasteiger partial charge < -0.3 is 14.8 Å². The fourth-order valence-electron chi connectivity index (χ4n) is 3.73. The highest BCUT2D eigenvalue weighted by atomic mass is 16.5. The summed E-state index contributed by atoms with van der Waals surface area (Å²) in [4.78, 5) is 16.9. The van der Waals surface area contributed by atoms with Crippen LogP contribution in [0, 0.1) is 0 Å². The number of nitrogens with one attached hydrogen (secondary N) is 1. The highest BCUT2D eigenvalue weighted by Gasteiger charge is 2.39. The Labute approximate surface area is 141 Å². The first-order chi connectivity index (χ1) is 11.7.